The van der Waals surface area contributed by atoms with Crippen molar-refractivity contribution in [3.8, 4) is 5.88 Å². The van der Waals surface area contributed by atoms with Crippen LogP contribution in [0.3, 0.4) is 0 Å². The smallest absolute Gasteiger partial charge is 0.250 e. The molecule has 0 saturated carbocycles. The van der Waals surface area contributed by atoms with Crippen LogP contribution in [0.15, 0.2) is 12.3 Å². The van der Waals surface area contributed by atoms with Gasteiger partial charge in [-0.05, 0) is 37.7 Å². The maximum atomic E-state index is 13.6. The summed E-state index contributed by atoms with van der Waals surface area (Å²) in [6, 6.07) is 1.52. The van der Waals surface area contributed by atoms with Crippen LogP contribution >= 0.6 is 0 Å². The van der Waals surface area contributed by atoms with Crippen molar-refractivity contribution in [1.82, 2.24) is 14.8 Å². The lowest BCUT2D eigenvalue weighted by Gasteiger charge is -2.20. The highest BCUT2D eigenvalue weighted by Crippen LogP contribution is 2.15. The van der Waals surface area contributed by atoms with Gasteiger partial charge in [0.25, 0.3) is 0 Å². The van der Waals surface area contributed by atoms with Crippen molar-refractivity contribution in [2.24, 2.45) is 0 Å². The molecule has 2 heterocycles. The van der Waals surface area contributed by atoms with E-state index in [4.69, 9.17) is 4.74 Å². The number of hydrogen-bond donors (Lipinski definition) is 0. The molecule has 2 rings (SSSR count). The summed E-state index contributed by atoms with van der Waals surface area (Å²) in [6.07, 6.45) is 2.87. The van der Waals surface area contributed by atoms with Gasteiger partial charge in [0.1, 0.15) is 0 Å². The number of methoxy groups -OCH3 is 1. The summed E-state index contributed by atoms with van der Waals surface area (Å²) >= 11 is 0. The molecular weight excluding hydrogens is 245 g/mol. The summed E-state index contributed by atoms with van der Waals surface area (Å²) in [7, 11) is 1.43. The van der Waals surface area contributed by atoms with Crippen LogP contribution in [-0.2, 0) is 6.54 Å². The Bertz CT molecular complexity index is 414. The zero-order valence-electron chi connectivity index (χ0n) is 11.7. The van der Waals surface area contributed by atoms with Gasteiger partial charge in [-0.3, -0.25) is 4.90 Å². The summed E-state index contributed by atoms with van der Waals surface area (Å²) < 4.78 is 18.4. The summed E-state index contributed by atoms with van der Waals surface area (Å²) in [4.78, 5) is 8.79. The van der Waals surface area contributed by atoms with Crippen LogP contribution in [0.5, 0.6) is 5.88 Å². The predicted octanol–water partition coefficient (Wildman–Crippen LogP) is 1.76. The van der Waals surface area contributed by atoms with E-state index in [9.17, 15) is 4.39 Å². The van der Waals surface area contributed by atoms with Crippen molar-refractivity contribution in [2.75, 3.05) is 39.8 Å². The summed E-state index contributed by atoms with van der Waals surface area (Å²) in [6.45, 7) is 8.38. The fourth-order valence-electron chi connectivity index (χ4n) is 2.46. The lowest BCUT2D eigenvalue weighted by molar-refractivity contribution is 0.256. The topological polar surface area (TPSA) is 28.6 Å². The van der Waals surface area contributed by atoms with Gasteiger partial charge in [0.05, 0.1) is 7.11 Å². The summed E-state index contributed by atoms with van der Waals surface area (Å²) in [5.41, 5.74) is 0.906. The van der Waals surface area contributed by atoms with Crippen LogP contribution in [0.1, 0.15) is 18.9 Å². The third-order valence-electron chi connectivity index (χ3n) is 3.59. The molecule has 0 radical (unpaired) electrons. The van der Waals surface area contributed by atoms with E-state index in [1.807, 2.05) is 0 Å². The Morgan fingerprint density at radius 1 is 1.26 bits per heavy atom. The van der Waals surface area contributed by atoms with Crippen molar-refractivity contribution in [2.45, 2.75) is 19.9 Å². The SMILES string of the molecule is CCN1CCCN(Cc2cnc(OC)c(F)c2)CC1. The largest absolute Gasteiger partial charge is 0.479 e. The molecule has 1 aliphatic heterocycles. The fraction of sp³-hybridized carbons (Fsp3) is 0.643. The Labute approximate surface area is 114 Å². The molecule has 0 atom stereocenters. The number of aromatic nitrogens is 1. The van der Waals surface area contributed by atoms with E-state index in [0.29, 0.717) is 0 Å². The lowest BCUT2D eigenvalue weighted by Crippen LogP contribution is -2.30. The van der Waals surface area contributed by atoms with Gasteiger partial charge in [0.15, 0.2) is 5.82 Å². The van der Waals surface area contributed by atoms with Gasteiger partial charge < -0.3 is 9.64 Å². The van der Waals surface area contributed by atoms with Crippen LogP contribution in [-0.4, -0.2) is 54.6 Å². The molecule has 0 aromatic carbocycles. The van der Waals surface area contributed by atoms with Crippen molar-refractivity contribution < 1.29 is 9.13 Å². The second kappa shape index (κ2) is 6.82. The van der Waals surface area contributed by atoms with E-state index in [2.05, 4.69) is 21.7 Å². The third kappa shape index (κ3) is 3.88. The van der Waals surface area contributed by atoms with Crippen LogP contribution < -0.4 is 4.74 Å². The van der Waals surface area contributed by atoms with E-state index in [0.717, 1.165) is 44.8 Å². The Kier molecular flexibility index (Phi) is 5.10. The van der Waals surface area contributed by atoms with Gasteiger partial charge in [-0.2, -0.15) is 0 Å². The van der Waals surface area contributed by atoms with Crippen molar-refractivity contribution in [1.29, 1.82) is 0 Å². The summed E-state index contributed by atoms with van der Waals surface area (Å²) in [5, 5.41) is 0. The van der Waals surface area contributed by atoms with Crippen molar-refractivity contribution in [3.05, 3.63) is 23.6 Å². The van der Waals surface area contributed by atoms with E-state index in [1.165, 1.54) is 19.6 Å². The monoisotopic (exact) mass is 267 g/mol. The van der Waals surface area contributed by atoms with Crippen LogP contribution in [0, 0.1) is 5.82 Å². The normalized spacial score (nSPS) is 18.3. The highest BCUT2D eigenvalue weighted by molar-refractivity contribution is 5.20. The fourth-order valence-corrected chi connectivity index (χ4v) is 2.46. The highest BCUT2D eigenvalue weighted by atomic mass is 19.1. The van der Waals surface area contributed by atoms with Crippen LogP contribution in [0.25, 0.3) is 0 Å². The number of halogens is 1. The average Bonchev–Trinajstić information content (AvgIpc) is 2.64. The highest BCUT2D eigenvalue weighted by Gasteiger charge is 2.14. The zero-order chi connectivity index (χ0) is 13.7. The molecule has 0 bridgehead atoms. The predicted molar refractivity (Wildman–Crippen MR) is 72.8 cm³/mol. The molecule has 5 heteroatoms. The number of hydrogen-bond acceptors (Lipinski definition) is 4. The molecule has 0 unspecified atom stereocenters. The number of rotatable bonds is 4. The molecule has 1 aromatic heterocycles. The first-order valence-corrected chi connectivity index (χ1v) is 6.86. The number of pyridine rings is 1. The van der Waals surface area contributed by atoms with Crippen LogP contribution in [0.2, 0.25) is 0 Å². The Hall–Kier alpha value is -1.20. The second-order valence-corrected chi connectivity index (χ2v) is 4.90. The first-order valence-electron chi connectivity index (χ1n) is 6.86. The van der Waals surface area contributed by atoms with Gasteiger partial charge >= 0.3 is 0 Å². The Morgan fingerprint density at radius 2 is 2.00 bits per heavy atom. The molecule has 1 aromatic rings. The molecule has 0 amide bonds. The molecule has 106 valence electrons. The van der Waals surface area contributed by atoms with Crippen molar-refractivity contribution in [3.63, 3.8) is 0 Å². The molecule has 1 saturated heterocycles. The molecule has 0 spiro atoms. The van der Waals surface area contributed by atoms with Gasteiger partial charge in [0.2, 0.25) is 5.88 Å². The summed E-state index contributed by atoms with van der Waals surface area (Å²) in [5.74, 6) is -0.318. The second-order valence-electron chi connectivity index (χ2n) is 4.90. The first-order chi connectivity index (χ1) is 9.22. The van der Waals surface area contributed by atoms with Gasteiger partial charge in [-0.1, -0.05) is 6.92 Å². The number of likely N-dealkylation sites (N-methyl/N-ethyl adjacent to an activating group) is 1. The minimum Gasteiger partial charge on any atom is -0.479 e. The number of nitrogens with zero attached hydrogens (tertiary/aromatic N) is 3. The standard InChI is InChI=1S/C14H22FN3O/c1-3-17-5-4-6-18(8-7-17)11-12-9-13(15)14(19-2)16-10-12/h9-10H,3-8,11H2,1-2H3. The van der Waals surface area contributed by atoms with E-state index in [1.54, 1.807) is 6.20 Å². The third-order valence-corrected chi connectivity index (χ3v) is 3.59. The molecular formula is C14H22FN3O. The van der Waals surface area contributed by atoms with Gasteiger partial charge in [-0.15, -0.1) is 0 Å². The Morgan fingerprint density at radius 3 is 2.68 bits per heavy atom. The molecule has 1 fully saturated rings. The van der Waals surface area contributed by atoms with Crippen molar-refractivity contribution >= 4 is 0 Å². The minimum absolute atomic E-state index is 0.0665. The van der Waals surface area contributed by atoms with Crippen LogP contribution in [0.4, 0.5) is 4.39 Å². The lowest BCUT2D eigenvalue weighted by atomic mass is 10.2. The maximum absolute atomic E-state index is 13.6. The maximum Gasteiger partial charge on any atom is 0.250 e. The first kappa shape index (κ1) is 14.2. The van der Waals surface area contributed by atoms with Gasteiger partial charge in [0, 0.05) is 25.8 Å². The van der Waals surface area contributed by atoms with E-state index in [-0.39, 0.29) is 11.7 Å². The number of ether oxygens (including phenoxy) is 1. The molecule has 0 aliphatic carbocycles. The Balaban J connectivity index is 1.95. The minimum atomic E-state index is -0.384. The molecule has 19 heavy (non-hydrogen) atoms. The molecule has 4 nitrogen and oxygen atoms in total. The molecule has 1 aliphatic rings. The molecule has 0 N–H and O–H groups in total. The quantitative estimate of drug-likeness (QED) is 0.831. The van der Waals surface area contributed by atoms with Gasteiger partial charge in [-0.25, -0.2) is 9.37 Å². The zero-order valence-corrected chi connectivity index (χ0v) is 11.7. The van der Waals surface area contributed by atoms with E-state index >= 15 is 0 Å². The van der Waals surface area contributed by atoms with E-state index < -0.39 is 0 Å². The average molecular weight is 267 g/mol.